The number of anilines is 1. The second kappa shape index (κ2) is 8.48. The number of methoxy groups -OCH3 is 1. The van der Waals surface area contributed by atoms with Crippen molar-refractivity contribution in [1.82, 2.24) is 9.97 Å². The Kier molecular flexibility index (Phi) is 5.34. The smallest absolute Gasteiger partial charge is 0.337 e. The molecule has 4 heterocycles. The standard InChI is InChI=1S/C25H19FN4O4/c1-33-21-9-16(25(31)32)12-29-23(21)22-10-19-24(34-22)18(4-6-28-19)14-2-3-20(15(8-14)11-27)30-7-5-17(26)13-30/h2-4,6,8-10,12,17H,5,7,13H2,1H3,(H,31,32). The molecule has 0 saturated carbocycles. The van der Waals surface area contributed by atoms with E-state index in [2.05, 4.69) is 16.0 Å². The zero-order chi connectivity index (χ0) is 23.8. The molecular weight excluding hydrogens is 439 g/mol. The van der Waals surface area contributed by atoms with Gasteiger partial charge < -0.3 is 19.2 Å². The number of hydrogen-bond acceptors (Lipinski definition) is 7. The molecule has 0 amide bonds. The molecular formula is C25H19FN4O4. The van der Waals surface area contributed by atoms with Crippen molar-refractivity contribution < 1.29 is 23.4 Å². The van der Waals surface area contributed by atoms with Crippen molar-refractivity contribution in [2.75, 3.05) is 25.1 Å². The van der Waals surface area contributed by atoms with Gasteiger partial charge in [0.1, 0.15) is 29.2 Å². The molecule has 0 aliphatic carbocycles. The molecule has 3 aromatic heterocycles. The molecule has 0 spiro atoms. The Bertz CT molecular complexity index is 1460. The fourth-order valence-electron chi connectivity index (χ4n) is 4.19. The number of rotatable bonds is 5. The second-order valence-electron chi connectivity index (χ2n) is 7.94. The first-order chi connectivity index (χ1) is 16.5. The second-order valence-corrected chi connectivity index (χ2v) is 7.94. The first kappa shape index (κ1) is 21.4. The summed E-state index contributed by atoms with van der Waals surface area (Å²) >= 11 is 0. The summed E-state index contributed by atoms with van der Waals surface area (Å²) in [6.07, 6.45) is 2.45. The van der Waals surface area contributed by atoms with E-state index >= 15 is 0 Å². The van der Waals surface area contributed by atoms with Gasteiger partial charge in [-0.2, -0.15) is 5.26 Å². The molecule has 34 heavy (non-hydrogen) atoms. The van der Waals surface area contributed by atoms with Gasteiger partial charge in [0.25, 0.3) is 0 Å². The quantitative estimate of drug-likeness (QED) is 0.459. The lowest BCUT2D eigenvalue weighted by Gasteiger charge is -2.19. The number of carboxylic acid groups (broad SMARTS) is 1. The van der Waals surface area contributed by atoms with Crippen molar-refractivity contribution in [2.45, 2.75) is 12.6 Å². The molecule has 0 radical (unpaired) electrons. The maximum absolute atomic E-state index is 13.7. The summed E-state index contributed by atoms with van der Waals surface area (Å²) in [4.78, 5) is 21.7. The highest BCUT2D eigenvalue weighted by Gasteiger charge is 2.24. The Morgan fingerprint density at radius 3 is 2.85 bits per heavy atom. The van der Waals surface area contributed by atoms with Gasteiger partial charge in [0.05, 0.1) is 23.9 Å². The maximum atomic E-state index is 13.7. The monoisotopic (exact) mass is 458 g/mol. The summed E-state index contributed by atoms with van der Waals surface area (Å²) in [5, 5.41) is 18.9. The number of carbonyl (C=O) groups is 1. The molecule has 4 aromatic rings. The highest BCUT2D eigenvalue weighted by Crippen LogP contribution is 2.37. The van der Waals surface area contributed by atoms with Gasteiger partial charge in [-0.25, -0.2) is 14.2 Å². The molecule has 8 nitrogen and oxygen atoms in total. The summed E-state index contributed by atoms with van der Waals surface area (Å²) in [5.41, 5.74) is 4.05. The third-order valence-electron chi connectivity index (χ3n) is 5.86. The molecule has 1 N–H and O–H groups in total. The van der Waals surface area contributed by atoms with Crippen molar-refractivity contribution in [3.63, 3.8) is 0 Å². The predicted octanol–water partition coefficient (Wildman–Crippen LogP) is 4.68. The summed E-state index contributed by atoms with van der Waals surface area (Å²) < 4.78 is 25.1. The molecule has 170 valence electrons. The van der Waals surface area contributed by atoms with Crippen LogP contribution in [0.4, 0.5) is 10.1 Å². The van der Waals surface area contributed by atoms with E-state index in [0.717, 1.165) is 11.1 Å². The molecule has 1 saturated heterocycles. The van der Waals surface area contributed by atoms with Gasteiger partial charge in [0.2, 0.25) is 0 Å². The Hall–Kier alpha value is -4.45. The van der Waals surface area contributed by atoms with E-state index in [1.165, 1.54) is 19.4 Å². The number of nitriles is 1. The normalized spacial score (nSPS) is 15.4. The Balaban J connectivity index is 1.58. The van der Waals surface area contributed by atoms with E-state index in [9.17, 15) is 19.6 Å². The molecule has 1 unspecified atom stereocenters. The molecule has 1 aromatic carbocycles. The first-order valence-electron chi connectivity index (χ1n) is 10.6. The topological polar surface area (TPSA) is 112 Å². The van der Waals surface area contributed by atoms with Crippen molar-refractivity contribution in [3.05, 3.63) is 59.9 Å². The van der Waals surface area contributed by atoms with Crippen LogP contribution in [-0.4, -0.2) is 47.4 Å². The number of alkyl halides is 1. The van der Waals surface area contributed by atoms with Gasteiger partial charge in [-0.15, -0.1) is 0 Å². The minimum absolute atomic E-state index is 0.00303. The lowest BCUT2D eigenvalue weighted by Crippen LogP contribution is -2.20. The number of hydrogen-bond donors (Lipinski definition) is 1. The zero-order valence-electron chi connectivity index (χ0n) is 18.2. The minimum Gasteiger partial charge on any atom is -0.494 e. The van der Waals surface area contributed by atoms with Crippen LogP contribution in [-0.2, 0) is 0 Å². The largest absolute Gasteiger partial charge is 0.494 e. The summed E-state index contributed by atoms with van der Waals surface area (Å²) in [7, 11) is 1.43. The van der Waals surface area contributed by atoms with Gasteiger partial charge in [0.15, 0.2) is 11.3 Å². The van der Waals surface area contributed by atoms with E-state index in [4.69, 9.17) is 9.15 Å². The Morgan fingerprint density at radius 1 is 1.29 bits per heavy atom. The number of pyridine rings is 2. The van der Waals surface area contributed by atoms with Crippen LogP contribution in [0.5, 0.6) is 5.75 Å². The van der Waals surface area contributed by atoms with Crippen LogP contribution in [0.15, 0.2) is 53.2 Å². The van der Waals surface area contributed by atoms with Gasteiger partial charge in [0, 0.05) is 37.1 Å². The number of aromatic carboxylic acids is 1. The number of benzene rings is 1. The Labute approximate surface area is 193 Å². The van der Waals surface area contributed by atoms with Crippen LogP contribution < -0.4 is 9.64 Å². The number of halogens is 1. The minimum atomic E-state index is -1.11. The molecule has 1 aliphatic heterocycles. The van der Waals surface area contributed by atoms with Crippen molar-refractivity contribution in [2.24, 2.45) is 0 Å². The van der Waals surface area contributed by atoms with Gasteiger partial charge >= 0.3 is 5.97 Å². The highest BCUT2D eigenvalue weighted by atomic mass is 19.1. The molecule has 1 aliphatic rings. The number of furan rings is 1. The van der Waals surface area contributed by atoms with Crippen molar-refractivity contribution >= 4 is 22.8 Å². The molecule has 5 rings (SSSR count). The van der Waals surface area contributed by atoms with E-state index in [1.807, 2.05) is 17.0 Å². The number of ether oxygens (including phenoxy) is 1. The van der Waals surface area contributed by atoms with Gasteiger partial charge in [-0.1, -0.05) is 6.07 Å². The average Bonchev–Trinajstić information content (AvgIpc) is 3.49. The third kappa shape index (κ3) is 3.69. The van der Waals surface area contributed by atoms with Crippen LogP contribution >= 0.6 is 0 Å². The summed E-state index contributed by atoms with van der Waals surface area (Å²) in [6, 6.07) is 12.6. The SMILES string of the molecule is COc1cc(C(=O)O)cnc1-c1cc2nccc(-c3ccc(N4CCC(F)C4)c(C#N)c3)c2o1. The van der Waals surface area contributed by atoms with Crippen LogP contribution in [0.25, 0.3) is 33.7 Å². The van der Waals surface area contributed by atoms with Gasteiger partial charge in [-0.3, -0.25) is 4.98 Å². The van der Waals surface area contributed by atoms with Crippen molar-refractivity contribution in [3.8, 4) is 34.4 Å². The van der Waals surface area contributed by atoms with Crippen LogP contribution in [0, 0.1) is 11.3 Å². The van der Waals surface area contributed by atoms with E-state index < -0.39 is 12.1 Å². The fourth-order valence-corrected chi connectivity index (χ4v) is 4.19. The molecule has 1 fully saturated rings. The first-order valence-corrected chi connectivity index (χ1v) is 10.6. The van der Waals surface area contributed by atoms with Gasteiger partial charge in [-0.05, 0) is 36.2 Å². The molecule has 1 atom stereocenters. The Morgan fingerprint density at radius 2 is 2.15 bits per heavy atom. The third-order valence-corrected chi connectivity index (χ3v) is 5.86. The summed E-state index contributed by atoms with van der Waals surface area (Å²) in [6.45, 7) is 0.857. The van der Waals surface area contributed by atoms with Crippen LogP contribution in [0.3, 0.4) is 0 Å². The zero-order valence-corrected chi connectivity index (χ0v) is 18.2. The van der Waals surface area contributed by atoms with E-state index in [-0.39, 0.29) is 17.9 Å². The molecule has 9 heteroatoms. The van der Waals surface area contributed by atoms with E-state index in [0.29, 0.717) is 46.8 Å². The number of carboxylic acids is 1. The number of aromatic nitrogens is 2. The van der Waals surface area contributed by atoms with Crippen molar-refractivity contribution in [1.29, 1.82) is 5.26 Å². The lowest BCUT2D eigenvalue weighted by molar-refractivity contribution is 0.0696. The fraction of sp³-hybridized carbons (Fsp3) is 0.200. The highest BCUT2D eigenvalue weighted by molar-refractivity contribution is 5.93. The predicted molar refractivity (Wildman–Crippen MR) is 123 cm³/mol. The van der Waals surface area contributed by atoms with E-state index in [1.54, 1.807) is 24.4 Å². The lowest BCUT2D eigenvalue weighted by atomic mass is 10.0. The maximum Gasteiger partial charge on any atom is 0.337 e. The summed E-state index contributed by atoms with van der Waals surface area (Å²) in [5.74, 6) is -0.487. The number of nitrogens with zero attached hydrogens (tertiary/aromatic N) is 4. The molecule has 0 bridgehead atoms. The van der Waals surface area contributed by atoms with Crippen LogP contribution in [0.2, 0.25) is 0 Å². The number of fused-ring (bicyclic) bond motifs is 1. The van der Waals surface area contributed by atoms with Crippen LogP contribution in [0.1, 0.15) is 22.3 Å². The average molecular weight is 458 g/mol.